The third kappa shape index (κ3) is 1.41. The lowest BCUT2D eigenvalue weighted by Gasteiger charge is -2.10. The summed E-state index contributed by atoms with van der Waals surface area (Å²) in [6.45, 7) is 2.13. The third-order valence-electron chi connectivity index (χ3n) is 3.33. The van der Waals surface area contributed by atoms with Crippen molar-refractivity contribution in [3.63, 3.8) is 0 Å². The van der Waals surface area contributed by atoms with Crippen LogP contribution in [0.5, 0.6) is 0 Å². The van der Waals surface area contributed by atoms with Crippen molar-refractivity contribution < 1.29 is 0 Å². The zero-order chi connectivity index (χ0) is 12.0. The van der Waals surface area contributed by atoms with Crippen LogP contribution in [0, 0.1) is 6.92 Å². The Morgan fingerprint density at radius 2 is 1.47 bits per heavy atom. The fourth-order valence-corrected chi connectivity index (χ4v) is 2.37. The Kier molecular flexibility index (Phi) is 1.99. The molecule has 0 saturated heterocycles. The maximum Gasteiger partial charge on any atom is 0.0554 e. The van der Waals surface area contributed by atoms with Gasteiger partial charge < -0.3 is 11.5 Å². The van der Waals surface area contributed by atoms with Crippen molar-refractivity contribution in [3.8, 4) is 0 Å². The Morgan fingerprint density at radius 1 is 0.765 bits per heavy atom. The minimum absolute atomic E-state index is 0.646. The summed E-state index contributed by atoms with van der Waals surface area (Å²) >= 11 is 0. The highest BCUT2D eigenvalue weighted by Gasteiger charge is 2.05. The first-order chi connectivity index (χ1) is 8.16. The molecule has 2 heteroatoms. The molecule has 0 radical (unpaired) electrons. The number of benzene rings is 3. The molecule has 0 aliphatic rings. The van der Waals surface area contributed by atoms with Gasteiger partial charge in [0.2, 0.25) is 0 Å². The van der Waals surface area contributed by atoms with E-state index in [1.54, 1.807) is 0 Å². The predicted octanol–water partition coefficient (Wildman–Crippen LogP) is 3.47. The Labute approximate surface area is 99.8 Å². The summed E-state index contributed by atoms with van der Waals surface area (Å²) in [7, 11) is 0. The molecule has 0 heterocycles. The molecule has 0 saturated carbocycles. The van der Waals surface area contributed by atoms with E-state index in [2.05, 4.69) is 31.2 Å². The number of anilines is 2. The monoisotopic (exact) mass is 222 g/mol. The van der Waals surface area contributed by atoms with E-state index in [1.165, 1.54) is 21.7 Å². The average molecular weight is 222 g/mol. The van der Waals surface area contributed by atoms with Crippen molar-refractivity contribution in [2.24, 2.45) is 0 Å². The summed E-state index contributed by atoms with van der Waals surface area (Å²) in [6, 6.07) is 14.4. The van der Waals surface area contributed by atoms with Gasteiger partial charge in [0.25, 0.3) is 0 Å². The molecule has 0 aliphatic carbocycles. The molecule has 0 unspecified atom stereocenters. The van der Waals surface area contributed by atoms with Crippen LogP contribution in [0.2, 0.25) is 0 Å². The summed E-state index contributed by atoms with van der Waals surface area (Å²) in [4.78, 5) is 0. The topological polar surface area (TPSA) is 52.0 Å². The van der Waals surface area contributed by atoms with Crippen molar-refractivity contribution >= 4 is 32.9 Å². The molecule has 0 bridgehead atoms. The molecule has 17 heavy (non-hydrogen) atoms. The van der Waals surface area contributed by atoms with Crippen LogP contribution in [0.1, 0.15) is 5.56 Å². The standard InChI is InChI=1S/C15H14N2/c1-9-12-5-3-2-4-10(12)6-11-7-14(16)15(17)8-13(9)11/h2-8H,16-17H2,1H3. The fourth-order valence-electron chi connectivity index (χ4n) is 2.37. The zero-order valence-electron chi connectivity index (χ0n) is 9.70. The molecule has 0 spiro atoms. The van der Waals surface area contributed by atoms with E-state index in [1.807, 2.05) is 18.2 Å². The maximum atomic E-state index is 5.87. The molecule has 84 valence electrons. The molecular weight excluding hydrogens is 208 g/mol. The fraction of sp³-hybridized carbons (Fsp3) is 0.0667. The average Bonchev–Trinajstić information content (AvgIpc) is 2.32. The summed E-state index contributed by atoms with van der Waals surface area (Å²) in [5, 5.41) is 4.83. The van der Waals surface area contributed by atoms with Gasteiger partial charge in [-0.1, -0.05) is 24.3 Å². The van der Waals surface area contributed by atoms with Crippen LogP contribution < -0.4 is 11.5 Å². The van der Waals surface area contributed by atoms with E-state index < -0.39 is 0 Å². The van der Waals surface area contributed by atoms with E-state index in [4.69, 9.17) is 11.5 Å². The first kappa shape index (κ1) is 9.97. The first-order valence-electron chi connectivity index (χ1n) is 5.64. The van der Waals surface area contributed by atoms with E-state index in [-0.39, 0.29) is 0 Å². The second-order valence-corrected chi connectivity index (χ2v) is 4.42. The van der Waals surface area contributed by atoms with Crippen LogP contribution in [0.3, 0.4) is 0 Å². The second kappa shape index (κ2) is 3.39. The van der Waals surface area contributed by atoms with Crippen molar-refractivity contribution in [1.29, 1.82) is 0 Å². The Balaban J connectivity index is 2.55. The minimum atomic E-state index is 0.646. The molecule has 0 amide bonds. The summed E-state index contributed by atoms with van der Waals surface area (Å²) < 4.78 is 0. The van der Waals surface area contributed by atoms with Gasteiger partial charge in [-0.3, -0.25) is 0 Å². The van der Waals surface area contributed by atoms with Gasteiger partial charge >= 0.3 is 0 Å². The molecule has 0 atom stereocenters. The number of aryl methyl sites for hydroxylation is 1. The van der Waals surface area contributed by atoms with E-state index >= 15 is 0 Å². The Bertz CT molecular complexity index is 730. The van der Waals surface area contributed by atoms with Crippen LogP contribution in [0.15, 0.2) is 42.5 Å². The number of nitrogens with two attached hydrogens (primary N) is 2. The minimum Gasteiger partial charge on any atom is -0.397 e. The summed E-state index contributed by atoms with van der Waals surface area (Å²) in [5.74, 6) is 0. The van der Waals surface area contributed by atoms with Gasteiger partial charge in [-0.2, -0.15) is 0 Å². The summed E-state index contributed by atoms with van der Waals surface area (Å²) in [6.07, 6.45) is 0. The van der Waals surface area contributed by atoms with E-state index in [0.717, 1.165) is 5.39 Å². The van der Waals surface area contributed by atoms with Crippen molar-refractivity contribution in [2.75, 3.05) is 11.5 Å². The van der Waals surface area contributed by atoms with Crippen molar-refractivity contribution in [3.05, 3.63) is 48.0 Å². The molecule has 0 aliphatic heterocycles. The van der Waals surface area contributed by atoms with Gasteiger partial charge in [0.1, 0.15) is 0 Å². The molecule has 2 nitrogen and oxygen atoms in total. The SMILES string of the molecule is Cc1c2ccccc2cc2cc(N)c(N)cc12. The molecule has 3 rings (SSSR count). The lowest BCUT2D eigenvalue weighted by molar-refractivity contribution is 1.58. The molecule has 3 aromatic rings. The van der Waals surface area contributed by atoms with E-state index in [9.17, 15) is 0 Å². The molecule has 0 aromatic heterocycles. The highest BCUT2D eigenvalue weighted by atomic mass is 14.7. The van der Waals surface area contributed by atoms with Crippen molar-refractivity contribution in [1.82, 2.24) is 0 Å². The lowest BCUT2D eigenvalue weighted by Crippen LogP contribution is -1.95. The van der Waals surface area contributed by atoms with Gasteiger partial charge in [-0.15, -0.1) is 0 Å². The third-order valence-corrected chi connectivity index (χ3v) is 3.33. The maximum absolute atomic E-state index is 5.87. The zero-order valence-corrected chi connectivity index (χ0v) is 9.70. The number of fused-ring (bicyclic) bond motifs is 2. The number of hydrogen-bond donors (Lipinski definition) is 2. The highest BCUT2D eigenvalue weighted by molar-refractivity contribution is 6.04. The predicted molar refractivity (Wildman–Crippen MR) is 75.0 cm³/mol. The van der Waals surface area contributed by atoms with Gasteiger partial charge in [0.05, 0.1) is 11.4 Å². The van der Waals surface area contributed by atoms with Crippen LogP contribution in [-0.2, 0) is 0 Å². The van der Waals surface area contributed by atoms with Crippen LogP contribution in [0.4, 0.5) is 11.4 Å². The van der Waals surface area contributed by atoms with Gasteiger partial charge in [-0.05, 0) is 52.2 Å². The van der Waals surface area contributed by atoms with Crippen LogP contribution in [0.25, 0.3) is 21.5 Å². The lowest BCUT2D eigenvalue weighted by atomic mass is 9.97. The smallest absolute Gasteiger partial charge is 0.0554 e. The van der Waals surface area contributed by atoms with Gasteiger partial charge in [0.15, 0.2) is 0 Å². The number of rotatable bonds is 0. The molecule has 4 N–H and O–H groups in total. The summed E-state index contributed by atoms with van der Waals surface area (Å²) in [5.41, 5.74) is 14.3. The normalized spacial score (nSPS) is 11.1. The first-order valence-corrected chi connectivity index (χ1v) is 5.64. The van der Waals surface area contributed by atoms with Crippen LogP contribution >= 0.6 is 0 Å². The van der Waals surface area contributed by atoms with Crippen molar-refractivity contribution in [2.45, 2.75) is 6.92 Å². The van der Waals surface area contributed by atoms with E-state index in [0.29, 0.717) is 11.4 Å². The van der Waals surface area contributed by atoms with Crippen LogP contribution in [-0.4, -0.2) is 0 Å². The Hall–Kier alpha value is -2.22. The molecule has 3 aromatic carbocycles. The Morgan fingerprint density at radius 3 is 2.29 bits per heavy atom. The quantitative estimate of drug-likeness (QED) is 0.452. The van der Waals surface area contributed by atoms with Gasteiger partial charge in [0, 0.05) is 0 Å². The second-order valence-electron chi connectivity index (χ2n) is 4.42. The molecule has 0 fully saturated rings. The number of hydrogen-bond acceptors (Lipinski definition) is 2. The largest absolute Gasteiger partial charge is 0.397 e. The van der Waals surface area contributed by atoms with Gasteiger partial charge in [-0.25, -0.2) is 0 Å². The highest BCUT2D eigenvalue weighted by Crippen LogP contribution is 2.31. The number of nitrogen functional groups attached to an aromatic ring is 2. The molecular formula is C15H14N2.